The lowest BCUT2D eigenvalue weighted by Gasteiger charge is -2.12. The molecule has 1 aromatic heterocycles. The quantitative estimate of drug-likeness (QED) is 0.680. The van der Waals surface area contributed by atoms with Gasteiger partial charge < -0.3 is 14.6 Å². The Bertz CT molecular complexity index is 1010. The van der Waals surface area contributed by atoms with Crippen LogP contribution in [0.3, 0.4) is 0 Å². The molecule has 3 aromatic rings. The second kappa shape index (κ2) is 7.74. The van der Waals surface area contributed by atoms with Gasteiger partial charge in [0.05, 0.1) is 11.8 Å². The van der Waals surface area contributed by atoms with Crippen LogP contribution in [0, 0.1) is 0 Å². The molecule has 3 rings (SSSR count). The number of rotatable bonds is 5. The number of hydrogen-bond donors (Lipinski definition) is 1. The van der Waals surface area contributed by atoms with E-state index in [1.165, 1.54) is 4.57 Å². The van der Waals surface area contributed by atoms with Crippen molar-refractivity contribution in [3.05, 3.63) is 69.6 Å². The number of nitrogens with one attached hydrogen (secondary N) is 1. The van der Waals surface area contributed by atoms with Crippen LogP contribution in [-0.4, -0.2) is 16.6 Å². The third kappa shape index (κ3) is 4.14. The standard InChI is InChI=1S/C20H19BrN2O3/c1-13(2)26-15-7-8-16-14(11-15)9-10-23(20(16)25)12-19(24)22-18-6-4-3-5-17(18)21/h3-11,13H,12H2,1-2H3,(H,22,24). The van der Waals surface area contributed by atoms with Gasteiger partial charge in [0.15, 0.2) is 0 Å². The van der Waals surface area contributed by atoms with Gasteiger partial charge in [0.1, 0.15) is 12.3 Å². The number of halogens is 1. The van der Waals surface area contributed by atoms with Crippen molar-refractivity contribution < 1.29 is 9.53 Å². The number of aromatic nitrogens is 1. The Morgan fingerprint density at radius 1 is 1.19 bits per heavy atom. The van der Waals surface area contributed by atoms with E-state index in [4.69, 9.17) is 4.74 Å². The summed E-state index contributed by atoms with van der Waals surface area (Å²) < 4.78 is 7.85. The van der Waals surface area contributed by atoms with Crippen LogP contribution in [0.2, 0.25) is 0 Å². The predicted octanol–water partition coefficient (Wildman–Crippen LogP) is 4.19. The Morgan fingerprint density at radius 2 is 1.96 bits per heavy atom. The van der Waals surface area contributed by atoms with Gasteiger partial charge in [-0.2, -0.15) is 0 Å². The van der Waals surface area contributed by atoms with Gasteiger partial charge in [-0.1, -0.05) is 12.1 Å². The normalized spacial score (nSPS) is 10.9. The molecule has 0 bridgehead atoms. The third-order valence-electron chi connectivity index (χ3n) is 3.78. The molecule has 0 spiro atoms. The molecule has 0 aliphatic heterocycles. The Morgan fingerprint density at radius 3 is 2.69 bits per heavy atom. The first-order valence-corrected chi connectivity index (χ1v) is 9.07. The fourth-order valence-corrected chi connectivity index (χ4v) is 3.03. The second-order valence-corrected chi connectivity index (χ2v) is 7.05. The Balaban J connectivity index is 1.82. The lowest BCUT2D eigenvalue weighted by molar-refractivity contribution is -0.116. The molecule has 6 heteroatoms. The maximum Gasteiger partial charge on any atom is 0.258 e. The number of benzene rings is 2. The predicted molar refractivity (Wildman–Crippen MR) is 107 cm³/mol. The summed E-state index contributed by atoms with van der Waals surface area (Å²) in [5.41, 5.74) is 0.461. The van der Waals surface area contributed by atoms with Crippen LogP contribution >= 0.6 is 15.9 Å². The van der Waals surface area contributed by atoms with Gasteiger partial charge in [-0.25, -0.2) is 0 Å². The zero-order valence-electron chi connectivity index (χ0n) is 14.5. The third-order valence-corrected chi connectivity index (χ3v) is 4.47. The molecule has 1 N–H and O–H groups in total. The van der Waals surface area contributed by atoms with Gasteiger partial charge in [0.25, 0.3) is 5.56 Å². The van der Waals surface area contributed by atoms with E-state index in [2.05, 4.69) is 21.2 Å². The summed E-state index contributed by atoms with van der Waals surface area (Å²) in [6.45, 7) is 3.85. The van der Waals surface area contributed by atoms with E-state index in [0.29, 0.717) is 11.1 Å². The molecule has 0 atom stereocenters. The highest BCUT2D eigenvalue weighted by atomic mass is 79.9. The molecule has 26 heavy (non-hydrogen) atoms. The van der Waals surface area contributed by atoms with Crippen molar-refractivity contribution in [2.45, 2.75) is 26.5 Å². The summed E-state index contributed by atoms with van der Waals surface area (Å²) in [4.78, 5) is 24.9. The van der Waals surface area contributed by atoms with Crippen LogP contribution in [0.1, 0.15) is 13.8 Å². The van der Waals surface area contributed by atoms with Gasteiger partial charge in [0, 0.05) is 16.1 Å². The second-order valence-electron chi connectivity index (χ2n) is 6.19. The first kappa shape index (κ1) is 18.2. The average molecular weight is 415 g/mol. The minimum atomic E-state index is -0.266. The van der Waals surface area contributed by atoms with E-state index in [-0.39, 0.29) is 24.1 Å². The van der Waals surface area contributed by atoms with E-state index < -0.39 is 0 Å². The van der Waals surface area contributed by atoms with Gasteiger partial charge in [-0.05, 0) is 71.6 Å². The highest BCUT2D eigenvalue weighted by Crippen LogP contribution is 2.21. The first-order chi connectivity index (χ1) is 12.4. The smallest absolute Gasteiger partial charge is 0.258 e. The molecule has 0 saturated carbocycles. The number of carbonyl (C=O) groups is 1. The maximum atomic E-state index is 12.6. The summed E-state index contributed by atoms with van der Waals surface area (Å²) in [5, 5.41) is 4.14. The SMILES string of the molecule is CC(C)Oc1ccc2c(=O)n(CC(=O)Nc3ccccc3Br)ccc2c1. The number of amides is 1. The molecule has 0 unspecified atom stereocenters. The molecule has 0 aliphatic carbocycles. The molecular weight excluding hydrogens is 396 g/mol. The molecule has 0 radical (unpaired) electrons. The lowest BCUT2D eigenvalue weighted by Crippen LogP contribution is -2.27. The Labute approximate surface area is 159 Å². The van der Waals surface area contributed by atoms with Crippen molar-refractivity contribution in [3.8, 4) is 5.75 Å². The number of fused-ring (bicyclic) bond motifs is 1. The fraction of sp³-hybridized carbons (Fsp3) is 0.200. The molecule has 2 aromatic carbocycles. The number of ether oxygens (including phenoxy) is 1. The molecule has 134 valence electrons. The molecular formula is C20H19BrN2O3. The zero-order chi connectivity index (χ0) is 18.7. The summed E-state index contributed by atoms with van der Waals surface area (Å²) in [5.74, 6) is 0.453. The summed E-state index contributed by atoms with van der Waals surface area (Å²) >= 11 is 3.39. The summed E-state index contributed by atoms with van der Waals surface area (Å²) in [6, 6.07) is 14.5. The monoisotopic (exact) mass is 414 g/mol. The highest BCUT2D eigenvalue weighted by Gasteiger charge is 2.10. The zero-order valence-corrected chi connectivity index (χ0v) is 16.1. The van der Waals surface area contributed by atoms with Crippen molar-refractivity contribution in [1.29, 1.82) is 0 Å². The van der Waals surface area contributed by atoms with E-state index in [9.17, 15) is 9.59 Å². The lowest BCUT2D eigenvalue weighted by atomic mass is 10.1. The molecule has 0 fully saturated rings. The number of nitrogens with zero attached hydrogens (tertiary/aromatic N) is 1. The van der Waals surface area contributed by atoms with E-state index in [0.717, 1.165) is 15.6 Å². The van der Waals surface area contributed by atoms with E-state index in [1.54, 1.807) is 24.4 Å². The van der Waals surface area contributed by atoms with E-state index in [1.807, 2.05) is 44.2 Å². The number of pyridine rings is 1. The van der Waals surface area contributed by atoms with Gasteiger partial charge >= 0.3 is 0 Å². The van der Waals surface area contributed by atoms with Crippen LogP contribution in [0.5, 0.6) is 5.75 Å². The van der Waals surface area contributed by atoms with Gasteiger partial charge in [-0.15, -0.1) is 0 Å². The van der Waals surface area contributed by atoms with Crippen LogP contribution in [-0.2, 0) is 11.3 Å². The maximum absolute atomic E-state index is 12.6. The van der Waals surface area contributed by atoms with Crippen molar-refractivity contribution in [3.63, 3.8) is 0 Å². The van der Waals surface area contributed by atoms with Crippen molar-refractivity contribution >= 4 is 38.3 Å². The van der Waals surface area contributed by atoms with Crippen molar-refractivity contribution in [2.75, 3.05) is 5.32 Å². The summed E-state index contributed by atoms with van der Waals surface area (Å²) in [6.07, 6.45) is 1.69. The fourth-order valence-electron chi connectivity index (χ4n) is 2.64. The minimum Gasteiger partial charge on any atom is -0.491 e. The van der Waals surface area contributed by atoms with Crippen LogP contribution in [0.15, 0.2) is 64.0 Å². The number of carbonyl (C=O) groups excluding carboxylic acids is 1. The average Bonchev–Trinajstić information content (AvgIpc) is 2.59. The Hall–Kier alpha value is -2.60. The topological polar surface area (TPSA) is 60.3 Å². The van der Waals surface area contributed by atoms with Crippen LogP contribution in [0.4, 0.5) is 5.69 Å². The van der Waals surface area contributed by atoms with Gasteiger partial charge in [0.2, 0.25) is 5.91 Å². The summed E-state index contributed by atoms with van der Waals surface area (Å²) in [7, 11) is 0. The molecule has 0 saturated heterocycles. The van der Waals surface area contributed by atoms with Gasteiger partial charge in [-0.3, -0.25) is 9.59 Å². The number of para-hydroxylation sites is 1. The molecule has 1 amide bonds. The van der Waals surface area contributed by atoms with Crippen molar-refractivity contribution in [2.24, 2.45) is 0 Å². The molecule has 5 nitrogen and oxygen atoms in total. The minimum absolute atomic E-state index is 0.0552. The van der Waals surface area contributed by atoms with Crippen LogP contribution in [0.25, 0.3) is 10.8 Å². The van der Waals surface area contributed by atoms with Crippen LogP contribution < -0.4 is 15.6 Å². The first-order valence-electron chi connectivity index (χ1n) is 8.28. The highest BCUT2D eigenvalue weighted by molar-refractivity contribution is 9.10. The molecule has 0 aliphatic rings. The molecule has 1 heterocycles. The number of hydrogen-bond acceptors (Lipinski definition) is 3. The van der Waals surface area contributed by atoms with Crippen molar-refractivity contribution in [1.82, 2.24) is 4.57 Å². The van der Waals surface area contributed by atoms with E-state index >= 15 is 0 Å². The largest absolute Gasteiger partial charge is 0.491 e. The Kier molecular flexibility index (Phi) is 5.42. The number of anilines is 1.